The molecule has 0 saturated carbocycles. The summed E-state index contributed by atoms with van der Waals surface area (Å²) in [5.74, 6) is -0.178. The minimum absolute atomic E-state index is 0.171. The Labute approximate surface area is 158 Å². The number of benzene rings is 1. The fourth-order valence-electron chi connectivity index (χ4n) is 2.66. The van der Waals surface area contributed by atoms with Crippen molar-refractivity contribution >= 4 is 11.6 Å². The van der Waals surface area contributed by atoms with E-state index in [-0.39, 0.29) is 17.1 Å². The molecule has 0 aliphatic rings. The highest BCUT2D eigenvalue weighted by Gasteiger charge is 2.22. The van der Waals surface area contributed by atoms with Crippen LogP contribution in [0.15, 0.2) is 36.4 Å². The molecule has 2 aromatic heterocycles. The van der Waals surface area contributed by atoms with Crippen molar-refractivity contribution in [1.82, 2.24) is 19.9 Å². The third-order valence-corrected chi connectivity index (χ3v) is 4.24. The van der Waals surface area contributed by atoms with Crippen molar-refractivity contribution in [3.8, 4) is 11.3 Å². The van der Waals surface area contributed by atoms with Crippen LogP contribution in [-0.4, -0.2) is 27.0 Å². The number of carbonyl (C=O) groups excluding carboxylic acids is 1. The van der Waals surface area contributed by atoms with Gasteiger partial charge in [0.25, 0.3) is 5.91 Å². The molecule has 0 fully saturated rings. The summed E-state index contributed by atoms with van der Waals surface area (Å²) in [7, 11) is 0. The molecule has 1 N–H and O–H groups in total. The second kappa shape index (κ2) is 7.10. The Morgan fingerprint density at radius 3 is 2.44 bits per heavy atom. The summed E-state index contributed by atoms with van der Waals surface area (Å²) in [5, 5.41) is 7.55. The van der Waals surface area contributed by atoms with E-state index >= 15 is 0 Å². The highest BCUT2D eigenvalue weighted by atomic mass is 19.1. The standard InChI is InChI=1S/C21H25FN4O/c1-13(2)12-23-20(27)17-10-16(14-6-8-15(22)9-7-14)24-19-11-18(21(3,4)5)25-26(17)19/h6-11,13H,12H2,1-5H3,(H,23,27). The van der Waals surface area contributed by atoms with Gasteiger partial charge >= 0.3 is 0 Å². The van der Waals surface area contributed by atoms with E-state index in [9.17, 15) is 9.18 Å². The predicted molar refractivity (Wildman–Crippen MR) is 104 cm³/mol. The van der Waals surface area contributed by atoms with Crippen molar-refractivity contribution in [1.29, 1.82) is 0 Å². The van der Waals surface area contributed by atoms with Gasteiger partial charge in [0, 0.05) is 23.6 Å². The lowest BCUT2D eigenvalue weighted by Gasteiger charge is -2.14. The average molecular weight is 368 g/mol. The lowest BCUT2D eigenvalue weighted by atomic mass is 9.93. The maximum Gasteiger partial charge on any atom is 0.270 e. The van der Waals surface area contributed by atoms with E-state index in [1.54, 1.807) is 22.7 Å². The summed E-state index contributed by atoms with van der Waals surface area (Å²) in [5.41, 5.74) is 3.04. The van der Waals surface area contributed by atoms with E-state index in [1.807, 2.05) is 19.9 Å². The number of carbonyl (C=O) groups is 1. The van der Waals surface area contributed by atoms with Crippen LogP contribution in [0.1, 0.15) is 50.8 Å². The molecule has 2 heterocycles. The number of rotatable bonds is 4. The minimum Gasteiger partial charge on any atom is -0.350 e. The van der Waals surface area contributed by atoms with Gasteiger partial charge in [-0.2, -0.15) is 5.10 Å². The van der Waals surface area contributed by atoms with Crippen LogP contribution in [-0.2, 0) is 5.41 Å². The maximum absolute atomic E-state index is 13.3. The van der Waals surface area contributed by atoms with Gasteiger partial charge in [-0.1, -0.05) is 34.6 Å². The average Bonchev–Trinajstić information content (AvgIpc) is 3.04. The summed E-state index contributed by atoms with van der Waals surface area (Å²) >= 11 is 0. The van der Waals surface area contributed by atoms with E-state index in [2.05, 4.69) is 36.2 Å². The number of fused-ring (bicyclic) bond motifs is 1. The molecule has 1 aromatic carbocycles. The lowest BCUT2D eigenvalue weighted by Crippen LogP contribution is -2.29. The molecule has 0 saturated heterocycles. The maximum atomic E-state index is 13.3. The molecule has 0 spiro atoms. The zero-order valence-corrected chi connectivity index (χ0v) is 16.4. The Bertz CT molecular complexity index is 968. The molecule has 0 bridgehead atoms. The van der Waals surface area contributed by atoms with Gasteiger partial charge in [-0.05, 0) is 36.2 Å². The molecule has 0 unspecified atom stereocenters. The molecule has 0 aliphatic carbocycles. The van der Waals surface area contributed by atoms with Gasteiger partial charge in [-0.25, -0.2) is 13.9 Å². The lowest BCUT2D eigenvalue weighted by molar-refractivity contribution is 0.0941. The molecule has 1 amide bonds. The van der Waals surface area contributed by atoms with Gasteiger partial charge in [0.05, 0.1) is 11.4 Å². The highest BCUT2D eigenvalue weighted by Crippen LogP contribution is 2.25. The van der Waals surface area contributed by atoms with Crippen LogP contribution in [0, 0.1) is 11.7 Å². The Hall–Kier alpha value is -2.76. The molecule has 27 heavy (non-hydrogen) atoms. The molecule has 3 aromatic rings. The van der Waals surface area contributed by atoms with Crippen LogP contribution in [0.5, 0.6) is 0 Å². The molecule has 5 nitrogen and oxygen atoms in total. The van der Waals surface area contributed by atoms with E-state index in [0.29, 0.717) is 29.5 Å². The first-order chi connectivity index (χ1) is 12.6. The molecular weight excluding hydrogens is 343 g/mol. The van der Waals surface area contributed by atoms with Gasteiger partial charge in [-0.15, -0.1) is 0 Å². The van der Waals surface area contributed by atoms with Crippen molar-refractivity contribution < 1.29 is 9.18 Å². The number of nitrogens with zero attached hydrogens (tertiary/aromatic N) is 3. The summed E-state index contributed by atoms with van der Waals surface area (Å²) in [6.07, 6.45) is 0. The van der Waals surface area contributed by atoms with Crippen molar-refractivity contribution in [2.75, 3.05) is 6.54 Å². The highest BCUT2D eigenvalue weighted by molar-refractivity contribution is 5.94. The summed E-state index contributed by atoms with van der Waals surface area (Å²) in [6, 6.07) is 9.69. The van der Waals surface area contributed by atoms with E-state index in [0.717, 1.165) is 11.3 Å². The van der Waals surface area contributed by atoms with Crippen molar-refractivity contribution in [2.45, 2.75) is 40.0 Å². The minimum atomic E-state index is -0.311. The first kappa shape index (κ1) is 19.0. The van der Waals surface area contributed by atoms with Crippen LogP contribution in [0.25, 0.3) is 16.9 Å². The Balaban J connectivity index is 2.15. The third kappa shape index (κ3) is 4.15. The molecular formula is C21H25FN4O. The summed E-state index contributed by atoms with van der Waals surface area (Å²) in [4.78, 5) is 17.4. The fraction of sp³-hybridized carbons (Fsp3) is 0.381. The molecule has 6 heteroatoms. The second-order valence-electron chi connectivity index (χ2n) is 8.19. The van der Waals surface area contributed by atoms with Crippen LogP contribution in [0.2, 0.25) is 0 Å². The smallest absolute Gasteiger partial charge is 0.270 e. The predicted octanol–water partition coefficient (Wildman–Crippen LogP) is 4.22. The van der Waals surface area contributed by atoms with Gasteiger partial charge in [0.2, 0.25) is 0 Å². The van der Waals surface area contributed by atoms with Crippen LogP contribution in [0.3, 0.4) is 0 Å². The molecule has 0 radical (unpaired) electrons. The number of aromatic nitrogens is 3. The second-order valence-corrected chi connectivity index (χ2v) is 8.19. The summed E-state index contributed by atoms with van der Waals surface area (Å²) in [6.45, 7) is 10.8. The SMILES string of the molecule is CC(C)CNC(=O)c1cc(-c2ccc(F)cc2)nc2cc(C(C)(C)C)nn12. The van der Waals surface area contributed by atoms with Crippen molar-refractivity contribution in [3.63, 3.8) is 0 Å². The number of hydrogen-bond donors (Lipinski definition) is 1. The number of nitrogens with one attached hydrogen (secondary N) is 1. The number of amides is 1. The van der Waals surface area contributed by atoms with Gasteiger partial charge in [-0.3, -0.25) is 4.79 Å². The van der Waals surface area contributed by atoms with E-state index in [4.69, 9.17) is 0 Å². The van der Waals surface area contributed by atoms with Crippen LogP contribution < -0.4 is 5.32 Å². The van der Waals surface area contributed by atoms with E-state index < -0.39 is 0 Å². The Morgan fingerprint density at radius 2 is 1.85 bits per heavy atom. The van der Waals surface area contributed by atoms with Gasteiger partial charge in [0.1, 0.15) is 11.5 Å². The largest absolute Gasteiger partial charge is 0.350 e. The number of hydrogen-bond acceptors (Lipinski definition) is 3. The summed E-state index contributed by atoms with van der Waals surface area (Å²) < 4.78 is 14.9. The molecule has 142 valence electrons. The number of halogens is 1. The van der Waals surface area contributed by atoms with Crippen LogP contribution in [0.4, 0.5) is 4.39 Å². The van der Waals surface area contributed by atoms with E-state index in [1.165, 1.54) is 12.1 Å². The molecule has 0 aliphatic heterocycles. The first-order valence-corrected chi connectivity index (χ1v) is 9.10. The zero-order valence-electron chi connectivity index (χ0n) is 16.4. The topological polar surface area (TPSA) is 59.3 Å². The normalized spacial score (nSPS) is 12.0. The van der Waals surface area contributed by atoms with Gasteiger partial charge < -0.3 is 5.32 Å². The molecule has 0 atom stereocenters. The zero-order chi connectivity index (χ0) is 19.8. The third-order valence-electron chi connectivity index (χ3n) is 4.24. The van der Waals surface area contributed by atoms with Crippen LogP contribution >= 0.6 is 0 Å². The Morgan fingerprint density at radius 1 is 1.19 bits per heavy atom. The molecule has 3 rings (SSSR count). The first-order valence-electron chi connectivity index (χ1n) is 9.10. The van der Waals surface area contributed by atoms with Crippen molar-refractivity contribution in [3.05, 3.63) is 53.6 Å². The van der Waals surface area contributed by atoms with Crippen molar-refractivity contribution in [2.24, 2.45) is 5.92 Å². The monoisotopic (exact) mass is 368 g/mol. The quantitative estimate of drug-likeness (QED) is 0.750. The van der Waals surface area contributed by atoms with Gasteiger partial charge in [0.15, 0.2) is 5.65 Å². The fourth-order valence-corrected chi connectivity index (χ4v) is 2.66. The Kier molecular flexibility index (Phi) is 5.00.